The van der Waals surface area contributed by atoms with Gasteiger partial charge in [-0.1, -0.05) is 11.3 Å². The van der Waals surface area contributed by atoms with Gasteiger partial charge in [0, 0.05) is 19.3 Å². The van der Waals surface area contributed by atoms with E-state index in [-0.39, 0.29) is 11.6 Å². The van der Waals surface area contributed by atoms with Crippen LogP contribution in [0.5, 0.6) is 0 Å². The van der Waals surface area contributed by atoms with E-state index >= 15 is 0 Å². The minimum absolute atomic E-state index is 0.192. The normalized spacial score (nSPS) is 11.2. The first-order chi connectivity index (χ1) is 12.7. The van der Waals surface area contributed by atoms with Crippen LogP contribution in [0.2, 0.25) is 0 Å². The van der Waals surface area contributed by atoms with Crippen molar-refractivity contribution in [1.82, 2.24) is 25.2 Å². The molecule has 0 aliphatic rings. The van der Waals surface area contributed by atoms with E-state index in [0.717, 1.165) is 10.6 Å². The predicted molar refractivity (Wildman–Crippen MR) is 96.9 cm³/mol. The first kappa shape index (κ1) is 18.2. The molecular weight excluding hydrogens is 356 g/mol. The minimum atomic E-state index is -0.428. The maximum Gasteiger partial charge on any atom is 0.279 e. The summed E-state index contributed by atoms with van der Waals surface area (Å²) in [5.74, 6) is 0.0410. The molecule has 0 radical (unpaired) electrons. The molecule has 3 heterocycles. The van der Waals surface area contributed by atoms with Gasteiger partial charge in [0.2, 0.25) is 0 Å². The Labute approximate surface area is 154 Å². The zero-order valence-electron chi connectivity index (χ0n) is 14.5. The second kappa shape index (κ2) is 8.70. The maximum atomic E-state index is 12.3. The van der Waals surface area contributed by atoms with Gasteiger partial charge < -0.3 is 14.8 Å². The number of aromatic amines is 1. The summed E-state index contributed by atoms with van der Waals surface area (Å²) >= 11 is 1.59. The highest BCUT2D eigenvalue weighted by Gasteiger charge is 2.16. The molecule has 0 aliphatic heterocycles. The van der Waals surface area contributed by atoms with Gasteiger partial charge in [0.05, 0.1) is 23.3 Å². The second-order valence-electron chi connectivity index (χ2n) is 5.26. The molecule has 0 saturated heterocycles. The van der Waals surface area contributed by atoms with Gasteiger partial charge in [-0.25, -0.2) is 4.68 Å². The van der Waals surface area contributed by atoms with E-state index in [1.54, 1.807) is 23.6 Å². The van der Waals surface area contributed by atoms with Gasteiger partial charge in [-0.05, 0) is 25.3 Å². The molecule has 0 saturated carbocycles. The SMILES string of the molecule is CCOC(Cn1cc(C(=O)Nc2cc(-c3cccs3)[nH]n2)nn1)OCC. The van der Waals surface area contributed by atoms with Crippen LogP contribution in [0.25, 0.3) is 10.6 Å². The van der Waals surface area contributed by atoms with E-state index in [0.29, 0.717) is 25.6 Å². The van der Waals surface area contributed by atoms with Gasteiger partial charge >= 0.3 is 0 Å². The average Bonchev–Trinajstić information content (AvgIpc) is 3.36. The number of nitrogens with zero attached hydrogens (tertiary/aromatic N) is 4. The predicted octanol–water partition coefficient (Wildman–Crippen LogP) is 2.38. The first-order valence-corrected chi connectivity index (χ1v) is 9.11. The fraction of sp³-hybridized carbons (Fsp3) is 0.375. The molecule has 9 nitrogen and oxygen atoms in total. The van der Waals surface area contributed by atoms with E-state index in [9.17, 15) is 4.79 Å². The average molecular weight is 376 g/mol. The van der Waals surface area contributed by atoms with Gasteiger partial charge in [0.1, 0.15) is 0 Å². The second-order valence-corrected chi connectivity index (χ2v) is 6.21. The van der Waals surface area contributed by atoms with Crippen LogP contribution in [0.4, 0.5) is 5.82 Å². The van der Waals surface area contributed by atoms with Gasteiger partial charge in [0.25, 0.3) is 5.91 Å². The molecule has 0 bridgehead atoms. The van der Waals surface area contributed by atoms with Crippen LogP contribution in [-0.4, -0.2) is 50.6 Å². The number of hydrogen-bond donors (Lipinski definition) is 2. The minimum Gasteiger partial charge on any atom is -0.351 e. The maximum absolute atomic E-state index is 12.3. The zero-order valence-corrected chi connectivity index (χ0v) is 15.3. The Morgan fingerprint density at radius 1 is 1.38 bits per heavy atom. The zero-order chi connectivity index (χ0) is 18.4. The number of aromatic nitrogens is 5. The van der Waals surface area contributed by atoms with Gasteiger partial charge in [0.15, 0.2) is 17.8 Å². The Morgan fingerprint density at radius 3 is 2.88 bits per heavy atom. The number of ether oxygens (including phenoxy) is 2. The number of thiophene rings is 1. The lowest BCUT2D eigenvalue weighted by molar-refractivity contribution is -0.145. The highest BCUT2D eigenvalue weighted by atomic mass is 32.1. The summed E-state index contributed by atoms with van der Waals surface area (Å²) in [6, 6.07) is 5.70. The van der Waals surface area contributed by atoms with Crippen molar-refractivity contribution >= 4 is 23.1 Å². The molecule has 3 rings (SSSR count). The molecule has 138 valence electrons. The summed E-state index contributed by atoms with van der Waals surface area (Å²) in [6.45, 7) is 5.19. The fourth-order valence-corrected chi connectivity index (χ4v) is 2.99. The molecule has 1 amide bonds. The Hall–Kier alpha value is -2.56. The smallest absolute Gasteiger partial charge is 0.279 e. The van der Waals surface area contributed by atoms with Crippen molar-refractivity contribution in [3.63, 3.8) is 0 Å². The molecule has 10 heteroatoms. The van der Waals surface area contributed by atoms with Gasteiger partial charge in [-0.15, -0.1) is 16.4 Å². The number of H-pyrrole nitrogens is 1. The molecule has 0 unspecified atom stereocenters. The van der Waals surface area contributed by atoms with Crippen LogP contribution in [-0.2, 0) is 16.0 Å². The summed E-state index contributed by atoms with van der Waals surface area (Å²) in [5, 5.41) is 19.5. The summed E-state index contributed by atoms with van der Waals surface area (Å²) in [4.78, 5) is 13.4. The molecule has 0 aromatic carbocycles. The van der Waals surface area contributed by atoms with Crippen molar-refractivity contribution in [2.24, 2.45) is 0 Å². The third kappa shape index (κ3) is 4.54. The van der Waals surface area contributed by atoms with Gasteiger partial charge in [-0.3, -0.25) is 9.89 Å². The van der Waals surface area contributed by atoms with Crippen LogP contribution in [0, 0.1) is 0 Å². The molecule has 3 aromatic rings. The summed E-state index contributed by atoms with van der Waals surface area (Å²) < 4.78 is 12.5. The molecule has 0 fully saturated rings. The van der Waals surface area contributed by atoms with Crippen LogP contribution in [0.15, 0.2) is 29.8 Å². The fourth-order valence-electron chi connectivity index (χ4n) is 2.29. The van der Waals surface area contributed by atoms with Crippen LogP contribution in [0.3, 0.4) is 0 Å². The Balaban J connectivity index is 1.61. The molecule has 0 aliphatic carbocycles. The highest BCUT2D eigenvalue weighted by Crippen LogP contribution is 2.24. The number of amides is 1. The van der Waals surface area contributed by atoms with Crippen LogP contribution < -0.4 is 5.32 Å². The van der Waals surface area contributed by atoms with Crippen molar-refractivity contribution in [2.75, 3.05) is 18.5 Å². The number of carbonyl (C=O) groups excluding carboxylic acids is 1. The lowest BCUT2D eigenvalue weighted by atomic mass is 10.3. The molecule has 3 aromatic heterocycles. The van der Waals surface area contributed by atoms with E-state index < -0.39 is 6.29 Å². The van der Waals surface area contributed by atoms with E-state index in [1.807, 2.05) is 31.4 Å². The molecule has 0 spiro atoms. The van der Waals surface area contributed by atoms with Crippen LogP contribution >= 0.6 is 11.3 Å². The Morgan fingerprint density at radius 2 is 2.19 bits per heavy atom. The van der Waals surface area contributed by atoms with Crippen molar-refractivity contribution < 1.29 is 14.3 Å². The topological polar surface area (TPSA) is 107 Å². The van der Waals surface area contributed by atoms with Crippen LogP contribution in [0.1, 0.15) is 24.3 Å². The number of nitrogens with one attached hydrogen (secondary N) is 2. The van der Waals surface area contributed by atoms with Crippen molar-refractivity contribution in [3.05, 3.63) is 35.5 Å². The lowest BCUT2D eigenvalue weighted by Gasteiger charge is -2.16. The lowest BCUT2D eigenvalue weighted by Crippen LogP contribution is -2.24. The number of rotatable bonds is 9. The van der Waals surface area contributed by atoms with Crippen molar-refractivity contribution in [2.45, 2.75) is 26.7 Å². The molecular formula is C16H20N6O3S. The summed E-state index contributed by atoms with van der Waals surface area (Å²) in [6.07, 6.45) is 1.12. The van der Waals surface area contributed by atoms with Gasteiger partial charge in [-0.2, -0.15) is 5.10 Å². The third-order valence-corrected chi connectivity index (χ3v) is 4.32. The molecule has 2 N–H and O–H groups in total. The number of hydrogen-bond acceptors (Lipinski definition) is 7. The monoisotopic (exact) mass is 376 g/mol. The number of anilines is 1. The molecule has 0 atom stereocenters. The third-order valence-electron chi connectivity index (χ3n) is 3.42. The Bertz CT molecular complexity index is 823. The standard InChI is InChI=1S/C16H20N6O3S/c1-3-24-15(25-4-2)10-22-9-12(19-21-22)16(23)17-14-8-11(18-20-14)13-6-5-7-26-13/h5-9,15H,3-4,10H2,1-2H3,(H2,17,18,20,23). The Kier molecular flexibility index (Phi) is 6.10. The summed E-state index contributed by atoms with van der Waals surface area (Å²) in [5.41, 5.74) is 1.03. The van der Waals surface area contributed by atoms with E-state index in [4.69, 9.17) is 9.47 Å². The van der Waals surface area contributed by atoms with E-state index in [1.165, 1.54) is 4.68 Å². The number of carbonyl (C=O) groups is 1. The van der Waals surface area contributed by atoms with Crippen molar-refractivity contribution in [1.29, 1.82) is 0 Å². The summed E-state index contributed by atoms with van der Waals surface area (Å²) in [7, 11) is 0. The van der Waals surface area contributed by atoms with E-state index in [2.05, 4.69) is 25.8 Å². The first-order valence-electron chi connectivity index (χ1n) is 8.23. The highest BCUT2D eigenvalue weighted by molar-refractivity contribution is 7.13. The quantitative estimate of drug-likeness (QED) is 0.555. The van der Waals surface area contributed by atoms with Crippen molar-refractivity contribution in [3.8, 4) is 10.6 Å². The largest absolute Gasteiger partial charge is 0.351 e. The molecule has 26 heavy (non-hydrogen) atoms.